The molecule has 0 fully saturated rings. The fourth-order valence-corrected chi connectivity index (χ4v) is 1.29. The molecule has 7 nitrogen and oxygen atoms in total. The molecule has 88 valence electrons. The minimum absolute atomic E-state index is 0.332. The standard InChI is InChI=1S/C10H11N5O2/c1-2-17-10(16)12-8-4-3-5-9(6-8)15-7-11-13-14-15/h3-7H,2H2,1H3,(H,12,16). The van der Waals surface area contributed by atoms with Gasteiger partial charge in [0, 0.05) is 5.69 Å². The number of hydrogen-bond donors (Lipinski definition) is 1. The van der Waals surface area contributed by atoms with Crippen LogP contribution in [0.5, 0.6) is 0 Å². The van der Waals surface area contributed by atoms with E-state index in [-0.39, 0.29) is 0 Å². The van der Waals surface area contributed by atoms with Gasteiger partial charge in [0.2, 0.25) is 0 Å². The van der Waals surface area contributed by atoms with E-state index in [0.29, 0.717) is 12.3 Å². The van der Waals surface area contributed by atoms with Gasteiger partial charge in [0.15, 0.2) is 0 Å². The van der Waals surface area contributed by atoms with Crippen molar-refractivity contribution in [2.24, 2.45) is 0 Å². The van der Waals surface area contributed by atoms with Crippen molar-refractivity contribution in [3.8, 4) is 5.69 Å². The van der Waals surface area contributed by atoms with E-state index in [0.717, 1.165) is 5.69 Å². The van der Waals surface area contributed by atoms with Crippen LogP contribution in [-0.4, -0.2) is 32.9 Å². The summed E-state index contributed by atoms with van der Waals surface area (Å²) in [5.74, 6) is 0. The number of anilines is 1. The van der Waals surface area contributed by atoms with Gasteiger partial charge in [0.1, 0.15) is 6.33 Å². The van der Waals surface area contributed by atoms with Gasteiger partial charge in [-0.05, 0) is 35.5 Å². The Labute approximate surface area is 97.4 Å². The highest BCUT2D eigenvalue weighted by molar-refractivity contribution is 5.84. The lowest BCUT2D eigenvalue weighted by atomic mass is 10.3. The maximum Gasteiger partial charge on any atom is 0.411 e. The number of carbonyl (C=O) groups excluding carboxylic acids is 1. The topological polar surface area (TPSA) is 81.9 Å². The third-order valence-corrected chi connectivity index (χ3v) is 1.98. The van der Waals surface area contributed by atoms with Crippen LogP contribution in [0.4, 0.5) is 10.5 Å². The highest BCUT2D eigenvalue weighted by atomic mass is 16.5. The maximum atomic E-state index is 11.2. The lowest BCUT2D eigenvalue weighted by Gasteiger charge is -2.06. The van der Waals surface area contributed by atoms with Crippen molar-refractivity contribution in [3.05, 3.63) is 30.6 Å². The molecule has 1 N–H and O–H groups in total. The zero-order valence-electron chi connectivity index (χ0n) is 9.20. The first-order valence-electron chi connectivity index (χ1n) is 5.07. The number of hydrogen-bond acceptors (Lipinski definition) is 5. The van der Waals surface area contributed by atoms with Crippen LogP contribution in [0.1, 0.15) is 6.92 Å². The number of tetrazole rings is 1. The fraction of sp³-hybridized carbons (Fsp3) is 0.200. The number of rotatable bonds is 3. The van der Waals surface area contributed by atoms with E-state index in [1.807, 2.05) is 6.07 Å². The summed E-state index contributed by atoms with van der Waals surface area (Å²) in [5.41, 5.74) is 1.38. The van der Waals surface area contributed by atoms with E-state index in [1.165, 1.54) is 11.0 Å². The lowest BCUT2D eigenvalue weighted by molar-refractivity contribution is 0.168. The van der Waals surface area contributed by atoms with Crippen LogP contribution in [0.2, 0.25) is 0 Å². The molecule has 1 amide bonds. The molecule has 17 heavy (non-hydrogen) atoms. The highest BCUT2D eigenvalue weighted by Gasteiger charge is 2.03. The van der Waals surface area contributed by atoms with Crippen LogP contribution in [0.15, 0.2) is 30.6 Å². The Morgan fingerprint density at radius 1 is 1.53 bits per heavy atom. The molecular weight excluding hydrogens is 222 g/mol. The summed E-state index contributed by atoms with van der Waals surface area (Å²) < 4.78 is 6.28. The Kier molecular flexibility index (Phi) is 3.29. The zero-order chi connectivity index (χ0) is 12.1. The van der Waals surface area contributed by atoms with Crippen molar-refractivity contribution in [2.75, 3.05) is 11.9 Å². The van der Waals surface area contributed by atoms with Gasteiger partial charge in [-0.15, -0.1) is 5.10 Å². The van der Waals surface area contributed by atoms with E-state index in [4.69, 9.17) is 4.74 Å². The molecule has 0 aliphatic carbocycles. The Morgan fingerprint density at radius 2 is 2.41 bits per heavy atom. The van der Waals surface area contributed by atoms with Crippen molar-refractivity contribution in [1.29, 1.82) is 0 Å². The van der Waals surface area contributed by atoms with E-state index in [9.17, 15) is 4.79 Å². The molecular formula is C10H11N5O2. The molecule has 2 aromatic rings. The van der Waals surface area contributed by atoms with E-state index >= 15 is 0 Å². The third-order valence-electron chi connectivity index (χ3n) is 1.98. The number of carbonyl (C=O) groups is 1. The SMILES string of the molecule is CCOC(=O)Nc1cccc(-n2cnnn2)c1. The summed E-state index contributed by atoms with van der Waals surface area (Å²) in [7, 11) is 0. The quantitative estimate of drug-likeness (QED) is 0.862. The molecule has 0 aliphatic rings. The Hall–Kier alpha value is -2.44. The average Bonchev–Trinajstić information content (AvgIpc) is 2.83. The van der Waals surface area contributed by atoms with Gasteiger partial charge in [0.05, 0.1) is 12.3 Å². The molecule has 0 saturated heterocycles. The molecule has 0 unspecified atom stereocenters. The van der Waals surface area contributed by atoms with E-state index in [2.05, 4.69) is 20.8 Å². The zero-order valence-corrected chi connectivity index (χ0v) is 9.20. The van der Waals surface area contributed by atoms with Crippen molar-refractivity contribution < 1.29 is 9.53 Å². The molecule has 1 aromatic carbocycles. The second-order valence-electron chi connectivity index (χ2n) is 3.15. The van der Waals surface area contributed by atoms with Crippen molar-refractivity contribution in [3.63, 3.8) is 0 Å². The van der Waals surface area contributed by atoms with Crippen molar-refractivity contribution in [2.45, 2.75) is 6.92 Å². The summed E-state index contributed by atoms with van der Waals surface area (Å²) >= 11 is 0. The molecule has 0 radical (unpaired) electrons. The number of aromatic nitrogens is 4. The smallest absolute Gasteiger partial charge is 0.411 e. The Bertz CT molecular complexity index is 497. The molecule has 1 aromatic heterocycles. The molecule has 0 bridgehead atoms. The van der Waals surface area contributed by atoms with Crippen LogP contribution in [-0.2, 0) is 4.74 Å². The minimum atomic E-state index is -0.485. The van der Waals surface area contributed by atoms with Gasteiger partial charge < -0.3 is 4.74 Å². The number of benzene rings is 1. The van der Waals surface area contributed by atoms with Gasteiger partial charge >= 0.3 is 6.09 Å². The first kappa shape index (κ1) is 11.1. The Morgan fingerprint density at radius 3 is 3.12 bits per heavy atom. The molecule has 0 saturated carbocycles. The van der Waals surface area contributed by atoms with E-state index in [1.54, 1.807) is 25.1 Å². The monoisotopic (exact) mass is 233 g/mol. The summed E-state index contributed by atoms with van der Waals surface area (Å²) in [4.78, 5) is 11.2. The van der Waals surface area contributed by atoms with Crippen molar-refractivity contribution in [1.82, 2.24) is 20.2 Å². The summed E-state index contributed by atoms with van der Waals surface area (Å²) in [6.45, 7) is 2.08. The molecule has 7 heteroatoms. The predicted octanol–water partition coefficient (Wildman–Crippen LogP) is 1.23. The van der Waals surface area contributed by atoms with Crippen LogP contribution in [0.25, 0.3) is 5.69 Å². The molecule has 2 rings (SSSR count). The normalized spacial score (nSPS) is 9.94. The van der Waals surface area contributed by atoms with Crippen LogP contribution < -0.4 is 5.32 Å². The van der Waals surface area contributed by atoms with Gasteiger partial charge in [-0.2, -0.15) is 0 Å². The summed E-state index contributed by atoms with van der Waals surface area (Å²) in [6.07, 6.45) is 0.991. The lowest BCUT2D eigenvalue weighted by Crippen LogP contribution is -2.13. The van der Waals surface area contributed by atoms with Gasteiger partial charge in [0.25, 0.3) is 0 Å². The number of nitrogens with zero attached hydrogens (tertiary/aromatic N) is 4. The minimum Gasteiger partial charge on any atom is -0.450 e. The predicted molar refractivity (Wildman–Crippen MR) is 59.8 cm³/mol. The molecule has 0 spiro atoms. The Balaban J connectivity index is 2.15. The second-order valence-corrected chi connectivity index (χ2v) is 3.15. The van der Waals surface area contributed by atoms with Gasteiger partial charge in [-0.1, -0.05) is 6.07 Å². The average molecular weight is 233 g/mol. The van der Waals surface area contributed by atoms with Crippen LogP contribution >= 0.6 is 0 Å². The van der Waals surface area contributed by atoms with Crippen LogP contribution in [0, 0.1) is 0 Å². The number of amides is 1. The fourth-order valence-electron chi connectivity index (χ4n) is 1.29. The number of ether oxygens (including phenoxy) is 1. The second kappa shape index (κ2) is 5.06. The first-order valence-corrected chi connectivity index (χ1v) is 5.07. The molecule has 0 aliphatic heterocycles. The highest BCUT2D eigenvalue weighted by Crippen LogP contribution is 2.13. The van der Waals surface area contributed by atoms with E-state index < -0.39 is 6.09 Å². The maximum absolute atomic E-state index is 11.2. The summed E-state index contributed by atoms with van der Waals surface area (Å²) in [5, 5.41) is 13.4. The van der Waals surface area contributed by atoms with Crippen molar-refractivity contribution >= 4 is 11.8 Å². The van der Waals surface area contributed by atoms with Gasteiger partial charge in [-0.3, -0.25) is 5.32 Å². The third kappa shape index (κ3) is 2.77. The summed E-state index contributed by atoms with van der Waals surface area (Å²) in [6, 6.07) is 7.11. The number of nitrogens with one attached hydrogen (secondary N) is 1. The molecule has 1 heterocycles. The molecule has 0 atom stereocenters. The largest absolute Gasteiger partial charge is 0.450 e. The van der Waals surface area contributed by atoms with Gasteiger partial charge in [-0.25, -0.2) is 9.48 Å². The van der Waals surface area contributed by atoms with Crippen LogP contribution in [0.3, 0.4) is 0 Å². The first-order chi connectivity index (χ1) is 8.29.